The molecule has 0 aliphatic carbocycles. The maximum Gasteiger partial charge on any atom is 0.236 e. The van der Waals surface area contributed by atoms with Gasteiger partial charge in [0.2, 0.25) is 5.91 Å². The molecule has 0 aliphatic rings. The highest BCUT2D eigenvalue weighted by atomic mass is 16.2. The highest BCUT2D eigenvalue weighted by Gasteiger charge is 2.18. The van der Waals surface area contributed by atoms with Gasteiger partial charge in [0.1, 0.15) is 0 Å². The first-order valence-electron chi connectivity index (χ1n) is 6.55. The highest BCUT2D eigenvalue weighted by molar-refractivity contribution is 5.81. The zero-order valence-electron chi connectivity index (χ0n) is 12.2. The van der Waals surface area contributed by atoms with E-state index in [2.05, 4.69) is 43.5 Å². The molecule has 2 atom stereocenters. The second-order valence-corrected chi connectivity index (χ2v) is 5.37. The van der Waals surface area contributed by atoms with Crippen molar-refractivity contribution in [3.8, 4) is 0 Å². The van der Waals surface area contributed by atoms with Crippen LogP contribution in [0.5, 0.6) is 0 Å². The molecule has 0 bridgehead atoms. The first kappa shape index (κ1) is 16.4. The van der Waals surface area contributed by atoms with E-state index in [4.69, 9.17) is 0 Å². The van der Waals surface area contributed by atoms with Crippen LogP contribution in [0.25, 0.3) is 0 Å². The van der Waals surface area contributed by atoms with Gasteiger partial charge in [0.25, 0.3) is 0 Å². The standard InChI is InChI=1S/C13H29N3O/c1-7-14-13(17)11(4)15-12(8-10(2)3)9-16(5)6/h10-12,15H,7-9H2,1-6H3,(H,14,17). The summed E-state index contributed by atoms with van der Waals surface area (Å²) in [6, 6.07) is 0.237. The van der Waals surface area contributed by atoms with Gasteiger partial charge in [-0.2, -0.15) is 0 Å². The lowest BCUT2D eigenvalue weighted by atomic mass is 10.0. The van der Waals surface area contributed by atoms with Crippen molar-refractivity contribution >= 4 is 5.91 Å². The molecule has 4 nitrogen and oxygen atoms in total. The first-order valence-corrected chi connectivity index (χ1v) is 6.55. The van der Waals surface area contributed by atoms with Crippen LogP contribution in [-0.2, 0) is 4.79 Å². The SMILES string of the molecule is CCNC(=O)C(C)NC(CC(C)C)CN(C)C. The molecule has 102 valence electrons. The Balaban J connectivity index is 4.25. The van der Waals surface area contributed by atoms with E-state index in [0.29, 0.717) is 18.5 Å². The number of hydrogen-bond acceptors (Lipinski definition) is 3. The largest absolute Gasteiger partial charge is 0.355 e. The molecular formula is C13H29N3O. The van der Waals surface area contributed by atoms with Crippen LogP contribution in [0.2, 0.25) is 0 Å². The number of nitrogens with one attached hydrogen (secondary N) is 2. The fraction of sp³-hybridized carbons (Fsp3) is 0.923. The monoisotopic (exact) mass is 243 g/mol. The van der Waals surface area contributed by atoms with Gasteiger partial charge in [0.15, 0.2) is 0 Å². The number of likely N-dealkylation sites (N-methyl/N-ethyl adjacent to an activating group) is 2. The lowest BCUT2D eigenvalue weighted by Gasteiger charge is -2.26. The average Bonchev–Trinajstić information content (AvgIpc) is 2.15. The number of amides is 1. The van der Waals surface area contributed by atoms with Crippen molar-refractivity contribution in [3.63, 3.8) is 0 Å². The van der Waals surface area contributed by atoms with Crippen LogP contribution in [0.15, 0.2) is 0 Å². The van der Waals surface area contributed by atoms with Gasteiger partial charge in [-0.15, -0.1) is 0 Å². The van der Waals surface area contributed by atoms with Crippen molar-refractivity contribution in [1.29, 1.82) is 0 Å². The molecule has 0 aliphatic heterocycles. The predicted octanol–water partition coefficient (Wildman–Crippen LogP) is 1.08. The lowest BCUT2D eigenvalue weighted by molar-refractivity contribution is -0.122. The zero-order valence-corrected chi connectivity index (χ0v) is 12.2. The molecule has 2 unspecified atom stereocenters. The van der Waals surface area contributed by atoms with E-state index in [1.54, 1.807) is 0 Å². The van der Waals surface area contributed by atoms with Crippen molar-refractivity contribution in [1.82, 2.24) is 15.5 Å². The van der Waals surface area contributed by atoms with Crippen LogP contribution in [-0.4, -0.2) is 50.1 Å². The van der Waals surface area contributed by atoms with Crippen LogP contribution in [0.4, 0.5) is 0 Å². The van der Waals surface area contributed by atoms with Crippen LogP contribution < -0.4 is 10.6 Å². The van der Waals surface area contributed by atoms with Crippen LogP contribution in [0, 0.1) is 5.92 Å². The molecule has 1 amide bonds. The number of hydrogen-bond donors (Lipinski definition) is 2. The molecular weight excluding hydrogens is 214 g/mol. The highest BCUT2D eigenvalue weighted by Crippen LogP contribution is 2.06. The number of carbonyl (C=O) groups excluding carboxylic acids is 1. The minimum absolute atomic E-state index is 0.0833. The average molecular weight is 243 g/mol. The third-order valence-electron chi connectivity index (χ3n) is 2.57. The maximum atomic E-state index is 11.7. The third-order valence-corrected chi connectivity index (χ3v) is 2.57. The van der Waals surface area contributed by atoms with Gasteiger partial charge < -0.3 is 15.5 Å². The normalized spacial score (nSPS) is 15.1. The quantitative estimate of drug-likeness (QED) is 0.670. The van der Waals surface area contributed by atoms with E-state index in [9.17, 15) is 4.79 Å². The molecule has 0 aromatic carbocycles. The summed E-state index contributed by atoms with van der Waals surface area (Å²) in [5, 5.41) is 6.25. The van der Waals surface area contributed by atoms with Crippen molar-refractivity contribution in [2.24, 2.45) is 5.92 Å². The smallest absolute Gasteiger partial charge is 0.236 e. The summed E-state index contributed by atoms with van der Waals surface area (Å²) < 4.78 is 0. The molecule has 0 radical (unpaired) electrons. The molecule has 0 saturated heterocycles. The molecule has 17 heavy (non-hydrogen) atoms. The van der Waals surface area contributed by atoms with Crippen molar-refractivity contribution in [2.45, 2.75) is 46.2 Å². The molecule has 2 N–H and O–H groups in total. The van der Waals surface area contributed by atoms with Gasteiger partial charge >= 0.3 is 0 Å². The van der Waals surface area contributed by atoms with Gasteiger partial charge in [-0.1, -0.05) is 13.8 Å². The number of rotatable bonds is 8. The lowest BCUT2D eigenvalue weighted by Crippen LogP contribution is -2.50. The first-order chi connectivity index (χ1) is 7.86. The van der Waals surface area contributed by atoms with E-state index in [1.165, 1.54) is 0 Å². The van der Waals surface area contributed by atoms with Crippen molar-refractivity contribution in [3.05, 3.63) is 0 Å². The molecule has 0 rings (SSSR count). The fourth-order valence-corrected chi connectivity index (χ4v) is 1.96. The van der Waals surface area contributed by atoms with E-state index in [-0.39, 0.29) is 11.9 Å². The number of carbonyl (C=O) groups is 1. The van der Waals surface area contributed by atoms with E-state index in [0.717, 1.165) is 13.0 Å². The van der Waals surface area contributed by atoms with Gasteiger partial charge in [0, 0.05) is 19.1 Å². The summed E-state index contributed by atoms with van der Waals surface area (Å²) in [5.74, 6) is 0.717. The minimum Gasteiger partial charge on any atom is -0.355 e. The number of nitrogens with zero attached hydrogens (tertiary/aromatic N) is 1. The second-order valence-electron chi connectivity index (χ2n) is 5.37. The summed E-state index contributed by atoms with van der Waals surface area (Å²) in [7, 11) is 4.12. The molecule has 0 spiro atoms. The molecule has 0 aromatic rings. The van der Waals surface area contributed by atoms with Crippen LogP contribution in [0.1, 0.15) is 34.1 Å². The van der Waals surface area contributed by atoms with E-state index in [1.807, 2.05) is 13.8 Å². The van der Waals surface area contributed by atoms with Gasteiger partial charge in [-0.25, -0.2) is 0 Å². The summed E-state index contributed by atoms with van der Waals surface area (Å²) >= 11 is 0. The molecule has 4 heteroatoms. The van der Waals surface area contributed by atoms with Crippen LogP contribution in [0.3, 0.4) is 0 Å². The second kappa shape index (κ2) is 8.48. The molecule has 0 saturated carbocycles. The third kappa shape index (κ3) is 8.16. The predicted molar refractivity (Wildman–Crippen MR) is 73.1 cm³/mol. The van der Waals surface area contributed by atoms with Gasteiger partial charge in [-0.3, -0.25) is 4.79 Å². The topological polar surface area (TPSA) is 44.4 Å². The zero-order chi connectivity index (χ0) is 13.4. The molecule has 0 aromatic heterocycles. The Morgan fingerprint density at radius 1 is 1.24 bits per heavy atom. The molecule has 0 heterocycles. The Morgan fingerprint density at radius 2 is 1.82 bits per heavy atom. The van der Waals surface area contributed by atoms with Gasteiger partial charge in [-0.05, 0) is 40.3 Å². The van der Waals surface area contributed by atoms with Crippen molar-refractivity contribution < 1.29 is 4.79 Å². The Bertz CT molecular complexity index is 207. The maximum absolute atomic E-state index is 11.7. The Morgan fingerprint density at radius 3 is 2.24 bits per heavy atom. The van der Waals surface area contributed by atoms with Gasteiger partial charge in [0.05, 0.1) is 6.04 Å². The van der Waals surface area contributed by atoms with Crippen LogP contribution >= 0.6 is 0 Å². The Labute approximate surface area is 106 Å². The summed E-state index contributed by atoms with van der Waals surface area (Å²) in [6.07, 6.45) is 1.09. The van der Waals surface area contributed by atoms with Crippen molar-refractivity contribution in [2.75, 3.05) is 27.2 Å². The Hall–Kier alpha value is -0.610. The summed E-state index contributed by atoms with van der Waals surface area (Å²) in [4.78, 5) is 13.8. The summed E-state index contributed by atoms with van der Waals surface area (Å²) in [5.41, 5.74) is 0. The van der Waals surface area contributed by atoms with E-state index >= 15 is 0 Å². The Kier molecular flexibility index (Phi) is 8.17. The fourth-order valence-electron chi connectivity index (χ4n) is 1.96. The summed E-state index contributed by atoms with van der Waals surface area (Å²) in [6.45, 7) is 9.93. The van der Waals surface area contributed by atoms with E-state index < -0.39 is 0 Å². The molecule has 0 fully saturated rings. The minimum atomic E-state index is -0.126.